The van der Waals surface area contributed by atoms with Crippen LogP contribution in [0.5, 0.6) is 5.88 Å². The molecule has 0 aliphatic heterocycles. The quantitative estimate of drug-likeness (QED) is 0.260. The molecule has 0 fully saturated rings. The van der Waals surface area contributed by atoms with Crippen molar-refractivity contribution in [2.45, 2.75) is 58.9 Å². The zero-order valence-corrected chi connectivity index (χ0v) is 19.5. The fourth-order valence-corrected chi connectivity index (χ4v) is 4.08. The van der Waals surface area contributed by atoms with Gasteiger partial charge in [-0.1, -0.05) is 39.0 Å². The minimum Gasteiger partial charge on any atom is -0.467 e. The van der Waals surface area contributed by atoms with Crippen LogP contribution in [-0.2, 0) is 26.2 Å². The van der Waals surface area contributed by atoms with E-state index in [0.29, 0.717) is 17.8 Å². The third-order valence-corrected chi connectivity index (χ3v) is 5.63. The number of sulfonamides is 1. The molecule has 3 N–H and O–H groups in total. The summed E-state index contributed by atoms with van der Waals surface area (Å²) in [6, 6.07) is 1.70. The molecule has 0 radical (unpaired) electrons. The summed E-state index contributed by atoms with van der Waals surface area (Å²) in [5, 5.41) is 0.270. The van der Waals surface area contributed by atoms with E-state index >= 15 is 0 Å². The van der Waals surface area contributed by atoms with Crippen molar-refractivity contribution in [1.29, 1.82) is 0 Å². The first-order chi connectivity index (χ1) is 15.1. The van der Waals surface area contributed by atoms with Gasteiger partial charge in [0.2, 0.25) is 15.9 Å². The van der Waals surface area contributed by atoms with E-state index < -0.39 is 34.2 Å². The molecule has 0 saturated carbocycles. The number of aromatic nitrogens is 2. The Morgan fingerprint density at radius 1 is 1.16 bits per heavy atom. The Hall–Kier alpha value is -2.95. The summed E-state index contributed by atoms with van der Waals surface area (Å²) in [4.78, 5) is 40.2. The first-order valence-electron chi connectivity index (χ1n) is 10.5. The van der Waals surface area contributed by atoms with Gasteiger partial charge < -0.3 is 15.0 Å². The van der Waals surface area contributed by atoms with Crippen LogP contribution < -0.4 is 15.2 Å². The van der Waals surface area contributed by atoms with Crippen LogP contribution in [0.2, 0.25) is 0 Å². The Labute approximate surface area is 187 Å². The largest absolute Gasteiger partial charge is 0.467 e. The molecular weight excluding hydrogens is 436 g/mol. The van der Waals surface area contributed by atoms with Gasteiger partial charge in [0.1, 0.15) is 0 Å². The molecule has 11 heteroatoms. The van der Waals surface area contributed by atoms with E-state index in [2.05, 4.69) is 11.9 Å². The molecule has 0 bridgehead atoms. The number of nitrogens with zero attached hydrogens (tertiary/aromatic N) is 2. The van der Waals surface area contributed by atoms with Crippen LogP contribution in [0.4, 0.5) is 0 Å². The normalized spacial score (nSPS) is 11.5. The second-order valence-electron chi connectivity index (χ2n) is 7.67. The van der Waals surface area contributed by atoms with Gasteiger partial charge in [-0.15, -0.1) is 0 Å². The number of amides is 2. The lowest BCUT2D eigenvalue weighted by molar-refractivity contribution is -0.121. The maximum atomic E-state index is 12.6. The number of Topliss-reactive ketones (excluding diaryl/α,β-unsaturated/α-hetero) is 1. The number of nitrogens with two attached hydrogens (primary N) is 1. The van der Waals surface area contributed by atoms with E-state index in [4.69, 9.17) is 10.5 Å². The molecule has 0 aromatic carbocycles. The van der Waals surface area contributed by atoms with Gasteiger partial charge >= 0.3 is 0 Å². The molecule has 0 unspecified atom stereocenters. The third-order valence-electron chi connectivity index (χ3n) is 5.03. The van der Waals surface area contributed by atoms with Gasteiger partial charge in [-0.2, -0.15) is 0 Å². The van der Waals surface area contributed by atoms with Crippen molar-refractivity contribution in [2.24, 2.45) is 5.73 Å². The number of carbonyl (C=O) groups is 3. The highest BCUT2D eigenvalue weighted by Crippen LogP contribution is 2.33. The lowest BCUT2D eigenvalue weighted by atomic mass is 10.1. The van der Waals surface area contributed by atoms with Crippen molar-refractivity contribution >= 4 is 38.5 Å². The van der Waals surface area contributed by atoms with Gasteiger partial charge in [-0.3, -0.25) is 19.1 Å². The van der Waals surface area contributed by atoms with E-state index in [0.717, 1.165) is 31.9 Å². The molecule has 2 aromatic rings. The average molecular weight is 467 g/mol. The zero-order valence-electron chi connectivity index (χ0n) is 18.6. The van der Waals surface area contributed by atoms with Crippen LogP contribution in [0.3, 0.4) is 0 Å². The SMILES string of the molecule is CCCCCCCCn1c(C)c(C(=O)C(N)=O)c2c(OCC(=O)NS(C)(=O)=O)nccc21. The number of pyridine rings is 1. The molecule has 32 heavy (non-hydrogen) atoms. The van der Waals surface area contributed by atoms with Crippen LogP contribution >= 0.6 is 0 Å². The highest BCUT2D eigenvalue weighted by Gasteiger charge is 2.27. The first-order valence-corrected chi connectivity index (χ1v) is 12.4. The highest BCUT2D eigenvalue weighted by molar-refractivity contribution is 7.89. The molecule has 2 heterocycles. The van der Waals surface area contributed by atoms with Crippen molar-refractivity contribution in [2.75, 3.05) is 12.9 Å². The predicted octanol–water partition coefficient (Wildman–Crippen LogP) is 1.83. The number of ether oxygens (including phenoxy) is 1. The van der Waals surface area contributed by atoms with Crippen molar-refractivity contribution in [1.82, 2.24) is 14.3 Å². The number of primary amides is 1. The molecule has 0 spiro atoms. The first kappa shape index (κ1) is 25.3. The molecule has 10 nitrogen and oxygen atoms in total. The molecule has 2 rings (SSSR count). The third kappa shape index (κ3) is 6.52. The zero-order chi connectivity index (χ0) is 23.9. The van der Waals surface area contributed by atoms with Crippen LogP contribution in [0.15, 0.2) is 12.3 Å². The summed E-state index contributed by atoms with van der Waals surface area (Å²) in [6.45, 7) is 3.86. The topological polar surface area (TPSA) is 150 Å². The lowest BCUT2D eigenvalue weighted by Crippen LogP contribution is -2.33. The standard InChI is InChI=1S/C21H30N4O6S/c1-4-5-6-7-8-9-12-25-14(2)17(19(27)20(22)28)18-15(25)10-11-23-21(18)31-13-16(26)24-32(3,29)30/h10-11H,4-9,12-13H2,1-3H3,(H2,22,28)(H,24,26). The molecular formula is C21H30N4O6S. The monoisotopic (exact) mass is 466 g/mol. The number of ketones is 1. The van der Waals surface area contributed by atoms with Crippen LogP contribution in [0, 0.1) is 6.92 Å². The van der Waals surface area contributed by atoms with Gasteiger partial charge in [0.15, 0.2) is 6.61 Å². The fourth-order valence-electron chi connectivity index (χ4n) is 3.61. The van der Waals surface area contributed by atoms with Crippen LogP contribution in [0.1, 0.15) is 61.5 Å². The Balaban J connectivity index is 2.37. The molecule has 2 aromatic heterocycles. The number of carbonyl (C=O) groups excluding carboxylic acids is 3. The summed E-state index contributed by atoms with van der Waals surface area (Å²) < 4.78 is 31.6. The van der Waals surface area contributed by atoms with Gasteiger partial charge in [-0.25, -0.2) is 13.4 Å². The molecule has 2 amide bonds. The smallest absolute Gasteiger partial charge is 0.289 e. The van der Waals surface area contributed by atoms with E-state index in [1.807, 2.05) is 4.57 Å². The van der Waals surface area contributed by atoms with Gasteiger partial charge in [0.25, 0.3) is 17.6 Å². The van der Waals surface area contributed by atoms with E-state index in [1.165, 1.54) is 19.0 Å². The maximum absolute atomic E-state index is 12.6. The Kier molecular flexibility index (Phi) is 8.76. The number of hydrogen-bond donors (Lipinski definition) is 2. The Morgan fingerprint density at radius 3 is 2.44 bits per heavy atom. The second-order valence-corrected chi connectivity index (χ2v) is 9.42. The lowest BCUT2D eigenvalue weighted by Gasteiger charge is -2.09. The number of nitrogens with one attached hydrogen (secondary N) is 1. The molecule has 0 aliphatic rings. The summed E-state index contributed by atoms with van der Waals surface area (Å²) in [6.07, 6.45) is 8.86. The summed E-state index contributed by atoms with van der Waals surface area (Å²) in [5.74, 6) is -2.94. The van der Waals surface area contributed by atoms with Gasteiger partial charge in [-0.05, 0) is 19.4 Å². The van der Waals surface area contributed by atoms with Crippen molar-refractivity contribution in [3.63, 3.8) is 0 Å². The minimum atomic E-state index is -3.74. The van der Waals surface area contributed by atoms with E-state index in [1.54, 1.807) is 17.7 Å². The summed E-state index contributed by atoms with van der Waals surface area (Å²) in [5.41, 5.74) is 6.50. The number of aryl methyl sites for hydroxylation is 1. The summed E-state index contributed by atoms with van der Waals surface area (Å²) >= 11 is 0. The number of hydrogen-bond acceptors (Lipinski definition) is 7. The highest BCUT2D eigenvalue weighted by atomic mass is 32.2. The Bertz CT molecular complexity index is 1110. The van der Waals surface area contributed by atoms with Gasteiger partial charge in [0.05, 0.1) is 22.7 Å². The summed E-state index contributed by atoms with van der Waals surface area (Å²) in [7, 11) is -3.74. The maximum Gasteiger partial charge on any atom is 0.289 e. The molecule has 176 valence electrons. The second kappa shape index (κ2) is 11.1. The van der Waals surface area contributed by atoms with E-state index in [-0.39, 0.29) is 16.8 Å². The van der Waals surface area contributed by atoms with Crippen molar-refractivity contribution in [3.8, 4) is 5.88 Å². The van der Waals surface area contributed by atoms with Crippen LogP contribution in [0.25, 0.3) is 10.9 Å². The Morgan fingerprint density at radius 2 is 1.81 bits per heavy atom. The molecule has 0 aliphatic carbocycles. The van der Waals surface area contributed by atoms with Gasteiger partial charge in [0, 0.05) is 18.4 Å². The van der Waals surface area contributed by atoms with Crippen molar-refractivity contribution < 1.29 is 27.5 Å². The molecule has 0 atom stereocenters. The van der Waals surface area contributed by atoms with E-state index in [9.17, 15) is 22.8 Å². The number of rotatable bonds is 13. The predicted molar refractivity (Wildman–Crippen MR) is 120 cm³/mol. The fraction of sp³-hybridized carbons (Fsp3) is 0.524. The number of fused-ring (bicyclic) bond motifs is 1. The van der Waals surface area contributed by atoms with Crippen LogP contribution in [-0.4, -0.2) is 48.4 Å². The van der Waals surface area contributed by atoms with Crippen molar-refractivity contribution in [3.05, 3.63) is 23.5 Å². The average Bonchev–Trinajstić information content (AvgIpc) is 2.99. The molecule has 0 saturated heterocycles. The number of unbranched alkanes of at least 4 members (excludes halogenated alkanes) is 5. The minimum absolute atomic E-state index is 0.0550.